The van der Waals surface area contributed by atoms with E-state index in [9.17, 15) is 4.79 Å². The molecule has 114 valence electrons. The Labute approximate surface area is 135 Å². The number of thioether (sulfide) groups is 1. The second-order valence-corrected chi connectivity index (χ2v) is 6.47. The molecule has 1 atom stereocenters. The number of nitrogens with one attached hydrogen (secondary N) is 1. The van der Waals surface area contributed by atoms with Crippen molar-refractivity contribution in [3.05, 3.63) is 65.2 Å². The van der Waals surface area contributed by atoms with Crippen molar-refractivity contribution < 1.29 is 9.53 Å². The van der Waals surface area contributed by atoms with Crippen molar-refractivity contribution in [2.45, 2.75) is 24.0 Å². The van der Waals surface area contributed by atoms with Crippen LogP contribution in [0, 0.1) is 0 Å². The first-order valence-electron chi connectivity index (χ1n) is 7.38. The van der Waals surface area contributed by atoms with Gasteiger partial charge in [0.2, 0.25) is 0 Å². The molecule has 0 fully saturated rings. The Hall–Kier alpha value is -1.78. The average molecular weight is 313 g/mol. The standard InChI is InChI=1S/C18H19NO2S/c1-21-12-13-6-8-14(9-7-13)18(20)19-16-10-11-22-17-5-3-2-4-15(16)17/h2-9,16H,10-12H2,1H3,(H,19,20)/t16-/m1/s1. The molecular formula is C18H19NO2S. The van der Waals surface area contributed by atoms with Gasteiger partial charge in [-0.15, -0.1) is 11.8 Å². The van der Waals surface area contributed by atoms with Crippen molar-refractivity contribution in [1.82, 2.24) is 5.32 Å². The lowest BCUT2D eigenvalue weighted by atomic mass is 10.0. The van der Waals surface area contributed by atoms with E-state index in [1.54, 1.807) is 7.11 Å². The molecule has 2 aromatic rings. The number of methoxy groups -OCH3 is 1. The van der Waals surface area contributed by atoms with Gasteiger partial charge < -0.3 is 10.1 Å². The first-order chi connectivity index (χ1) is 10.8. The quantitative estimate of drug-likeness (QED) is 0.933. The molecule has 0 saturated heterocycles. The van der Waals surface area contributed by atoms with E-state index in [0.29, 0.717) is 12.2 Å². The molecule has 1 heterocycles. The van der Waals surface area contributed by atoms with Crippen LogP contribution in [0.25, 0.3) is 0 Å². The van der Waals surface area contributed by atoms with Crippen LogP contribution in [-0.2, 0) is 11.3 Å². The number of hydrogen-bond donors (Lipinski definition) is 1. The average Bonchev–Trinajstić information content (AvgIpc) is 2.56. The molecule has 3 nitrogen and oxygen atoms in total. The summed E-state index contributed by atoms with van der Waals surface area (Å²) in [4.78, 5) is 13.7. The van der Waals surface area contributed by atoms with E-state index in [-0.39, 0.29) is 11.9 Å². The largest absolute Gasteiger partial charge is 0.380 e. The molecule has 3 rings (SSSR count). The third-order valence-corrected chi connectivity index (χ3v) is 4.91. The van der Waals surface area contributed by atoms with Crippen LogP contribution in [-0.4, -0.2) is 18.8 Å². The highest BCUT2D eigenvalue weighted by molar-refractivity contribution is 7.99. The summed E-state index contributed by atoms with van der Waals surface area (Å²) < 4.78 is 5.09. The lowest BCUT2D eigenvalue weighted by molar-refractivity contribution is 0.0935. The van der Waals surface area contributed by atoms with Gasteiger partial charge in [0.15, 0.2) is 0 Å². The summed E-state index contributed by atoms with van der Waals surface area (Å²) in [6.45, 7) is 0.565. The molecule has 22 heavy (non-hydrogen) atoms. The van der Waals surface area contributed by atoms with E-state index in [1.807, 2.05) is 48.2 Å². The van der Waals surface area contributed by atoms with Gasteiger partial charge in [0.25, 0.3) is 5.91 Å². The number of carbonyl (C=O) groups is 1. The summed E-state index contributed by atoms with van der Waals surface area (Å²) in [7, 11) is 1.67. The van der Waals surface area contributed by atoms with E-state index in [1.165, 1.54) is 10.5 Å². The van der Waals surface area contributed by atoms with Crippen molar-refractivity contribution in [2.75, 3.05) is 12.9 Å². The topological polar surface area (TPSA) is 38.3 Å². The zero-order valence-corrected chi connectivity index (χ0v) is 13.4. The molecule has 0 unspecified atom stereocenters. The van der Waals surface area contributed by atoms with Crippen molar-refractivity contribution in [1.29, 1.82) is 0 Å². The van der Waals surface area contributed by atoms with Gasteiger partial charge in [-0.25, -0.2) is 0 Å². The second kappa shape index (κ2) is 6.99. The summed E-state index contributed by atoms with van der Waals surface area (Å²) in [5.41, 5.74) is 2.98. The summed E-state index contributed by atoms with van der Waals surface area (Å²) in [6.07, 6.45) is 0.967. The molecule has 1 N–H and O–H groups in total. The molecule has 0 saturated carbocycles. The van der Waals surface area contributed by atoms with Crippen LogP contribution in [0.2, 0.25) is 0 Å². The molecule has 2 aromatic carbocycles. The maximum absolute atomic E-state index is 12.4. The van der Waals surface area contributed by atoms with E-state index in [2.05, 4.69) is 17.4 Å². The van der Waals surface area contributed by atoms with Crippen LogP contribution in [0.3, 0.4) is 0 Å². The molecule has 1 aliphatic rings. The predicted octanol–water partition coefficient (Wildman–Crippen LogP) is 3.80. The van der Waals surface area contributed by atoms with Gasteiger partial charge in [0.1, 0.15) is 0 Å². The van der Waals surface area contributed by atoms with Gasteiger partial charge in [0.05, 0.1) is 12.6 Å². The molecule has 0 aliphatic carbocycles. The van der Waals surface area contributed by atoms with E-state index >= 15 is 0 Å². The summed E-state index contributed by atoms with van der Waals surface area (Å²) in [5.74, 6) is 1.02. The monoisotopic (exact) mass is 313 g/mol. The molecule has 4 heteroatoms. The van der Waals surface area contributed by atoms with Gasteiger partial charge >= 0.3 is 0 Å². The third kappa shape index (κ3) is 3.34. The zero-order valence-electron chi connectivity index (χ0n) is 12.5. The highest BCUT2D eigenvalue weighted by atomic mass is 32.2. The Morgan fingerprint density at radius 1 is 1.23 bits per heavy atom. The van der Waals surface area contributed by atoms with E-state index < -0.39 is 0 Å². The summed E-state index contributed by atoms with van der Waals surface area (Å²) >= 11 is 1.86. The molecular weight excluding hydrogens is 294 g/mol. The molecule has 0 bridgehead atoms. The third-order valence-electron chi connectivity index (χ3n) is 3.79. The van der Waals surface area contributed by atoms with Crippen LogP contribution in [0.5, 0.6) is 0 Å². The number of ether oxygens (including phenoxy) is 1. The zero-order chi connectivity index (χ0) is 15.4. The summed E-state index contributed by atoms with van der Waals surface area (Å²) in [5, 5.41) is 3.16. The highest BCUT2D eigenvalue weighted by Gasteiger charge is 2.22. The normalized spacial score (nSPS) is 16.9. The van der Waals surface area contributed by atoms with E-state index in [4.69, 9.17) is 4.74 Å². The van der Waals surface area contributed by atoms with Crippen molar-refractivity contribution in [2.24, 2.45) is 0 Å². The Balaban J connectivity index is 1.72. The molecule has 0 spiro atoms. The number of hydrogen-bond acceptors (Lipinski definition) is 3. The van der Waals surface area contributed by atoms with Crippen LogP contribution in [0.4, 0.5) is 0 Å². The van der Waals surface area contributed by atoms with Crippen molar-refractivity contribution in [3.8, 4) is 0 Å². The lowest BCUT2D eigenvalue weighted by Crippen LogP contribution is -2.30. The van der Waals surface area contributed by atoms with Crippen LogP contribution >= 0.6 is 11.8 Å². The highest BCUT2D eigenvalue weighted by Crippen LogP contribution is 2.35. The first kappa shape index (κ1) is 15.1. The SMILES string of the molecule is COCc1ccc(C(=O)N[C@@H]2CCSc3ccccc32)cc1. The Bertz CT molecular complexity index is 654. The first-order valence-corrected chi connectivity index (χ1v) is 8.37. The Morgan fingerprint density at radius 3 is 2.77 bits per heavy atom. The number of fused-ring (bicyclic) bond motifs is 1. The summed E-state index contributed by atoms with van der Waals surface area (Å²) in [6, 6.07) is 16.0. The van der Waals surface area contributed by atoms with E-state index in [0.717, 1.165) is 17.7 Å². The van der Waals surface area contributed by atoms with Gasteiger partial charge in [-0.3, -0.25) is 4.79 Å². The second-order valence-electron chi connectivity index (χ2n) is 5.33. The minimum Gasteiger partial charge on any atom is -0.380 e. The molecule has 1 aliphatic heterocycles. The fourth-order valence-corrected chi connectivity index (χ4v) is 3.78. The lowest BCUT2D eigenvalue weighted by Gasteiger charge is -2.25. The number of amides is 1. The molecule has 1 amide bonds. The number of carbonyl (C=O) groups excluding carboxylic acids is 1. The minimum atomic E-state index is -0.0179. The minimum absolute atomic E-state index is 0.0179. The fraction of sp³-hybridized carbons (Fsp3) is 0.278. The maximum atomic E-state index is 12.4. The van der Waals surface area contributed by atoms with Crippen LogP contribution in [0.1, 0.15) is 33.9 Å². The number of benzene rings is 2. The Morgan fingerprint density at radius 2 is 2.00 bits per heavy atom. The van der Waals surface area contributed by atoms with Gasteiger partial charge in [-0.1, -0.05) is 30.3 Å². The molecule has 0 aromatic heterocycles. The molecule has 0 radical (unpaired) electrons. The fourth-order valence-electron chi connectivity index (χ4n) is 2.65. The van der Waals surface area contributed by atoms with Gasteiger partial charge in [-0.05, 0) is 35.7 Å². The Kier molecular flexibility index (Phi) is 4.80. The van der Waals surface area contributed by atoms with Crippen molar-refractivity contribution >= 4 is 17.7 Å². The van der Waals surface area contributed by atoms with Gasteiger partial charge in [-0.2, -0.15) is 0 Å². The van der Waals surface area contributed by atoms with Crippen LogP contribution < -0.4 is 5.32 Å². The predicted molar refractivity (Wildman–Crippen MR) is 89.1 cm³/mol. The smallest absolute Gasteiger partial charge is 0.251 e. The van der Waals surface area contributed by atoms with Crippen LogP contribution in [0.15, 0.2) is 53.4 Å². The van der Waals surface area contributed by atoms with Crippen molar-refractivity contribution in [3.63, 3.8) is 0 Å². The maximum Gasteiger partial charge on any atom is 0.251 e. The van der Waals surface area contributed by atoms with Gasteiger partial charge in [0, 0.05) is 23.3 Å². The number of rotatable bonds is 4.